The summed E-state index contributed by atoms with van der Waals surface area (Å²) < 4.78 is 15.6. The van der Waals surface area contributed by atoms with Gasteiger partial charge in [0, 0.05) is 58.6 Å². The molecule has 0 unspecified atom stereocenters. The van der Waals surface area contributed by atoms with Crippen LogP contribution in [0.5, 0.6) is 0 Å². The molecule has 8 heteroatoms. The van der Waals surface area contributed by atoms with Crippen LogP contribution in [-0.2, 0) is 6.54 Å². The number of benzene rings is 7. The van der Waals surface area contributed by atoms with Crippen molar-refractivity contribution in [1.82, 2.24) is 9.97 Å². The number of fused-ring (bicyclic) bond motifs is 9. The molecule has 7 aromatic carbocycles. The molecule has 4 heterocycles. The summed E-state index contributed by atoms with van der Waals surface area (Å²) in [5, 5.41) is 5.06. The minimum atomic E-state index is 0.441. The van der Waals surface area contributed by atoms with Crippen molar-refractivity contribution in [2.24, 2.45) is 15.0 Å². The van der Waals surface area contributed by atoms with Crippen LogP contribution in [0.3, 0.4) is 0 Å². The Morgan fingerprint density at radius 1 is 0.569 bits per heavy atom. The van der Waals surface area contributed by atoms with Crippen LogP contribution in [0, 0.1) is 0 Å². The lowest BCUT2D eigenvalue weighted by atomic mass is 10.0. The van der Waals surface area contributed by atoms with Crippen molar-refractivity contribution >= 4 is 93.9 Å². The minimum Gasteiger partial charge on any atom is -0.455 e. The average Bonchev–Trinajstić information content (AvgIpc) is 3.99. The molecule has 0 saturated carbocycles. The van der Waals surface area contributed by atoms with E-state index in [2.05, 4.69) is 72.4 Å². The highest BCUT2D eigenvalue weighted by Crippen LogP contribution is 2.42. The molecule has 274 valence electrons. The van der Waals surface area contributed by atoms with Gasteiger partial charge >= 0.3 is 0 Å². The molecular weight excluding hydrogens is 735 g/mol. The molecule has 0 fully saturated rings. The molecule has 0 spiro atoms. The maximum atomic E-state index is 6.78. The lowest BCUT2D eigenvalue weighted by molar-refractivity contribution is 0.663. The Morgan fingerprint density at radius 3 is 2.10 bits per heavy atom. The van der Waals surface area contributed by atoms with Crippen LogP contribution in [0.2, 0.25) is 0 Å². The number of aromatic nitrogens is 2. The fraction of sp³-hybridized carbons (Fsp3) is 0.0200. The van der Waals surface area contributed by atoms with Crippen LogP contribution < -0.4 is 0 Å². The summed E-state index contributed by atoms with van der Waals surface area (Å²) in [5.74, 6) is 1.62. The zero-order chi connectivity index (χ0) is 38.6. The summed E-state index contributed by atoms with van der Waals surface area (Å²) in [7, 11) is 0. The molecule has 11 aromatic rings. The minimum absolute atomic E-state index is 0.441. The van der Waals surface area contributed by atoms with E-state index in [4.69, 9.17) is 28.8 Å². The van der Waals surface area contributed by atoms with E-state index >= 15 is 0 Å². The van der Waals surface area contributed by atoms with Gasteiger partial charge in [0.05, 0.1) is 6.54 Å². The van der Waals surface area contributed by atoms with E-state index in [9.17, 15) is 0 Å². The third-order valence-corrected chi connectivity index (χ3v) is 11.8. The molecule has 4 aromatic heterocycles. The molecule has 7 nitrogen and oxygen atoms in total. The lowest BCUT2D eigenvalue weighted by Gasteiger charge is -2.08. The van der Waals surface area contributed by atoms with Gasteiger partial charge in [0.15, 0.2) is 23.1 Å². The van der Waals surface area contributed by atoms with Crippen LogP contribution >= 0.6 is 11.3 Å². The van der Waals surface area contributed by atoms with Crippen molar-refractivity contribution < 1.29 is 8.83 Å². The Labute approximate surface area is 336 Å². The van der Waals surface area contributed by atoms with Gasteiger partial charge in [-0.3, -0.25) is 4.99 Å². The highest BCUT2D eigenvalue weighted by Gasteiger charge is 2.23. The first-order valence-electron chi connectivity index (χ1n) is 19.0. The molecule has 0 saturated heterocycles. The Morgan fingerprint density at radius 2 is 1.24 bits per heavy atom. The molecule has 0 aliphatic rings. The number of rotatable bonds is 6. The molecule has 58 heavy (non-hydrogen) atoms. The first-order chi connectivity index (χ1) is 28.7. The predicted octanol–water partition coefficient (Wildman–Crippen LogP) is 13.1. The quantitative estimate of drug-likeness (QED) is 0.124. The van der Waals surface area contributed by atoms with Crippen molar-refractivity contribution in [3.05, 3.63) is 180 Å². The third kappa shape index (κ3) is 5.61. The predicted molar refractivity (Wildman–Crippen MR) is 240 cm³/mol. The molecule has 0 aliphatic carbocycles. The molecular formula is C50H31N5O2S. The van der Waals surface area contributed by atoms with E-state index in [1.807, 2.05) is 103 Å². The zero-order valence-electron chi connectivity index (χ0n) is 31.0. The second-order valence-electron chi connectivity index (χ2n) is 14.0. The smallest absolute Gasteiger partial charge is 0.180 e. The summed E-state index contributed by atoms with van der Waals surface area (Å²) in [6.45, 7) is 4.49. The van der Waals surface area contributed by atoms with Gasteiger partial charge in [-0.05, 0) is 48.7 Å². The van der Waals surface area contributed by atoms with E-state index in [0.717, 1.165) is 59.8 Å². The number of nitrogens with zero attached hydrogens (tertiary/aromatic N) is 5. The zero-order valence-corrected chi connectivity index (χ0v) is 31.8. The van der Waals surface area contributed by atoms with Crippen molar-refractivity contribution in [2.75, 3.05) is 0 Å². The number of furan rings is 2. The second-order valence-corrected chi connectivity index (χ2v) is 15.1. The normalized spacial score (nSPS) is 12.5. The van der Waals surface area contributed by atoms with Crippen molar-refractivity contribution in [3.8, 4) is 22.6 Å². The van der Waals surface area contributed by atoms with Gasteiger partial charge < -0.3 is 8.83 Å². The molecule has 0 amide bonds. The van der Waals surface area contributed by atoms with Gasteiger partial charge in [-0.2, -0.15) is 0 Å². The number of para-hydroxylation sites is 2. The van der Waals surface area contributed by atoms with Gasteiger partial charge in [0.1, 0.15) is 28.0 Å². The van der Waals surface area contributed by atoms with Crippen LogP contribution in [0.1, 0.15) is 16.7 Å². The van der Waals surface area contributed by atoms with Crippen molar-refractivity contribution in [3.63, 3.8) is 0 Å². The SMILES string of the molecule is C=NC(=NC(=NCc1ccccc1)c1cccc2c1sc1ccccc12)c1cccc2oc3c(-c4nc(-c5ccccc5)nc5c4oc4ccccc45)cccc3c12. The van der Waals surface area contributed by atoms with Crippen LogP contribution in [0.15, 0.2) is 188 Å². The Bertz CT molecular complexity index is 3450. The number of thiophene rings is 1. The van der Waals surface area contributed by atoms with E-state index in [-0.39, 0.29) is 0 Å². The molecule has 0 bridgehead atoms. The fourth-order valence-corrected chi connectivity index (χ4v) is 9.06. The second kappa shape index (κ2) is 13.9. The molecule has 0 atom stereocenters. The van der Waals surface area contributed by atoms with Gasteiger partial charge in [0.25, 0.3) is 0 Å². The number of amidine groups is 2. The first kappa shape index (κ1) is 33.8. The number of hydrogen-bond acceptors (Lipinski definition) is 6. The number of hydrogen-bond donors (Lipinski definition) is 0. The monoisotopic (exact) mass is 765 g/mol. The van der Waals surface area contributed by atoms with Crippen molar-refractivity contribution in [2.45, 2.75) is 6.54 Å². The maximum Gasteiger partial charge on any atom is 0.180 e. The van der Waals surface area contributed by atoms with Gasteiger partial charge in [-0.1, -0.05) is 127 Å². The van der Waals surface area contributed by atoms with Gasteiger partial charge in [-0.15, -0.1) is 11.3 Å². The average molecular weight is 766 g/mol. The first-order valence-corrected chi connectivity index (χ1v) is 19.8. The Balaban J connectivity index is 1.12. The largest absolute Gasteiger partial charge is 0.455 e. The summed E-state index contributed by atoms with van der Waals surface area (Å²) in [6, 6.07) is 55.0. The van der Waals surface area contributed by atoms with E-state index in [1.54, 1.807) is 11.3 Å². The van der Waals surface area contributed by atoms with Crippen LogP contribution in [-0.4, -0.2) is 28.4 Å². The highest BCUT2D eigenvalue weighted by molar-refractivity contribution is 7.26. The standard InChI is InChI=1S/C50H31N5O2S/c1-51-49(55-50(52-29-30-15-4-2-5-16-30)38-25-12-21-33-32-19-9-11-28-41(32)58-47(33)38)36-23-14-27-40-42(36)35-22-13-24-37(45(35)57-40)44-46-43(34-20-8-10-26-39(34)56-46)53-48(54-44)31-17-6-3-7-18-31/h2-28H,1,29H2. The fourth-order valence-electron chi connectivity index (χ4n) is 7.85. The van der Waals surface area contributed by atoms with Crippen LogP contribution in [0.4, 0.5) is 0 Å². The molecule has 11 rings (SSSR count). The molecule has 0 N–H and O–H groups in total. The summed E-state index contributed by atoms with van der Waals surface area (Å²) in [5.41, 5.74) is 8.58. The van der Waals surface area contributed by atoms with Crippen molar-refractivity contribution in [1.29, 1.82) is 0 Å². The van der Waals surface area contributed by atoms with E-state index in [1.165, 1.54) is 15.5 Å². The van der Waals surface area contributed by atoms with E-state index < -0.39 is 0 Å². The van der Waals surface area contributed by atoms with Gasteiger partial charge in [-0.25, -0.2) is 20.0 Å². The Kier molecular flexibility index (Phi) is 8.08. The number of aliphatic imine (C=N–C) groups is 3. The third-order valence-electron chi connectivity index (χ3n) is 10.5. The lowest BCUT2D eigenvalue weighted by Crippen LogP contribution is -2.06. The highest BCUT2D eigenvalue weighted by atomic mass is 32.1. The summed E-state index contributed by atoms with van der Waals surface area (Å²) in [4.78, 5) is 25.2. The maximum absolute atomic E-state index is 6.78. The summed E-state index contributed by atoms with van der Waals surface area (Å²) in [6.07, 6.45) is 0. The molecule has 0 radical (unpaired) electrons. The van der Waals surface area contributed by atoms with Crippen LogP contribution in [0.25, 0.3) is 86.8 Å². The molecule has 0 aliphatic heterocycles. The summed E-state index contributed by atoms with van der Waals surface area (Å²) >= 11 is 1.75. The Hall–Kier alpha value is -7.55. The van der Waals surface area contributed by atoms with E-state index in [0.29, 0.717) is 46.5 Å². The van der Waals surface area contributed by atoms with Gasteiger partial charge in [0.2, 0.25) is 0 Å². The topological polar surface area (TPSA) is 89.1 Å².